The van der Waals surface area contributed by atoms with Crippen molar-refractivity contribution in [2.24, 2.45) is 11.8 Å². The third-order valence-electron chi connectivity index (χ3n) is 7.32. The van der Waals surface area contributed by atoms with Crippen LogP contribution >= 0.6 is 0 Å². The van der Waals surface area contributed by atoms with Gasteiger partial charge in [0.05, 0.1) is 11.4 Å². The van der Waals surface area contributed by atoms with Crippen molar-refractivity contribution in [3.8, 4) is 0 Å². The summed E-state index contributed by atoms with van der Waals surface area (Å²) >= 11 is 0. The molecule has 1 aliphatic heterocycles. The van der Waals surface area contributed by atoms with E-state index in [0.717, 1.165) is 55.8 Å². The Morgan fingerprint density at radius 1 is 0.912 bits per heavy atom. The molecule has 4 heteroatoms. The van der Waals surface area contributed by atoms with Crippen molar-refractivity contribution in [1.82, 2.24) is 0 Å². The van der Waals surface area contributed by atoms with Crippen LogP contribution in [-0.4, -0.2) is 19.0 Å². The Morgan fingerprint density at radius 2 is 1.47 bits per heavy atom. The number of nitrogens with zero attached hydrogens (tertiary/aromatic N) is 1. The average molecular weight is 456 g/mol. The molecule has 0 saturated carbocycles. The van der Waals surface area contributed by atoms with E-state index in [4.69, 9.17) is 5.73 Å². The van der Waals surface area contributed by atoms with Gasteiger partial charge < -0.3 is 16.0 Å². The number of nitrogens with one attached hydrogen (secondary N) is 1. The lowest BCUT2D eigenvalue weighted by atomic mass is 9.76. The zero-order valence-corrected chi connectivity index (χ0v) is 20.4. The number of nitrogen functional groups attached to an aromatic ring is 1. The highest BCUT2D eigenvalue weighted by Gasteiger charge is 2.29. The van der Waals surface area contributed by atoms with Gasteiger partial charge in [0.2, 0.25) is 5.91 Å². The van der Waals surface area contributed by atoms with E-state index in [1.807, 2.05) is 12.1 Å². The molecule has 4 nitrogen and oxygen atoms in total. The number of hydrogen-bond donors (Lipinski definition) is 2. The van der Waals surface area contributed by atoms with E-state index in [0.29, 0.717) is 11.8 Å². The maximum absolute atomic E-state index is 12.4. The van der Waals surface area contributed by atoms with Crippen molar-refractivity contribution >= 4 is 23.0 Å². The van der Waals surface area contributed by atoms with Crippen LogP contribution in [0.15, 0.2) is 78.9 Å². The van der Waals surface area contributed by atoms with Crippen LogP contribution in [0.3, 0.4) is 0 Å². The normalized spacial score (nSPS) is 14.5. The third-order valence-corrected chi connectivity index (χ3v) is 7.32. The third kappa shape index (κ3) is 5.44. The molecule has 178 valence electrons. The molecule has 4 rings (SSSR count). The first-order valence-corrected chi connectivity index (χ1v) is 12.7. The van der Waals surface area contributed by atoms with E-state index in [1.165, 1.54) is 11.1 Å². The van der Waals surface area contributed by atoms with Crippen molar-refractivity contribution in [2.45, 2.75) is 45.4 Å². The van der Waals surface area contributed by atoms with Crippen molar-refractivity contribution < 1.29 is 4.79 Å². The fourth-order valence-electron chi connectivity index (χ4n) is 5.36. The standard InChI is InChI=1S/C30H37N3O/c1-3-22(4-2)30(34)32-26-15-16-28(27(31)21-26)33-19-17-25(18-20-33)29(23-11-7-5-8-12-23)24-13-9-6-10-14-24/h5-16,21-22,25,29H,3-4,17-20,31H2,1-2H3,(H,32,34). The van der Waals surface area contributed by atoms with Crippen LogP contribution < -0.4 is 16.0 Å². The molecule has 1 aliphatic rings. The molecule has 1 fully saturated rings. The van der Waals surface area contributed by atoms with E-state index in [-0.39, 0.29) is 11.8 Å². The molecule has 3 aromatic rings. The van der Waals surface area contributed by atoms with Gasteiger partial charge in [-0.2, -0.15) is 0 Å². The Kier molecular flexibility index (Phi) is 7.89. The number of carbonyl (C=O) groups is 1. The minimum Gasteiger partial charge on any atom is -0.397 e. The molecular weight excluding hydrogens is 418 g/mol. The van der Waals surface area contributed by atoms with Crippen LogP contribution in [0.2, 0.25) is 0 Å². The number of amides is 1. The fourth-order valence-corrected chi connectivity index (χ4v) is 5.36. The molecule has 0 radical (unpaired) electrons. The van der Waals surface area contributed by atoms with Gasteiger partial charge in [0.1, 0.15) is 0 Å². The zero-order valence-electron chi connectivity index (χ0n) is 20.4. The zero-order chi connectivity index (χ0) is 23.9. The van der Waals surface area contributed by atoms with Gasteiger partial charge in [-0.3, -0.25) is 4.79 Å². The van der Waals surface area contributed by atoms with Gasteiger partial charge >= 0.3 is 0 Å². The molecule has 0 aliphatic carbocycles. The molecule has 1 amide bonds. The summed E-state index contributed by atoms with van der Waals surface area (Å²) in [6.07, 6.45) is 3.91. The Bertz CT molecular complexity index is 1020. The second-order valence-electron chi connectivity index (χ2n) is 9.40. The van der Waals surface area contributed by atoms with Crippen LogP contribution in [-0.2, 0) is 4.79 Å². The molecule has 0 aromatic heterocycles. The summed E-state index contributed by atoms with van der Waals surface area (Å²) in [4.78, 5) is 14.8. The van der Waals surface area contributed by atoms with Gasteiger partial charge in [-0.25, -0.2) is 0 Å². The number of benzene rings is 3. The van der Waals surface area contributed by atoms with Crippen molar-refractivity contribution in [3.63, 3.8) is 0 Å². The van der Waals surface area contributed by atoms with E-state index in [1.54, 1.807) is 0 Å². The Balaban J connectivity index is 1.45. The molecule has 34 heavy (non-hydrogen) atoms. The summed E-state index contributed by atoms with van der Waals surface area (Å²) in [7, 11) is 0. The van der Waals surface area contributed by atoms with Crippen molar-refractivity contribution in [2.75, 3.05) is 29.0 Å². The summed E-state index contributed by atoms with van der Waals surface area (Å²) in [5.41, 5.74) is 11.8. The van der Waals surface area contributed by atoms with E-state index < -0.39 is 0 Å². The monoisotopic (exact) mass is 455 g/mol. The van der Waals surface area contributed by atoms with Crippen LogP contribution in [0.4, 0.5) is 17.1 Å². The highest BCUT2D eigenvalue weighted by atomic mass is 16.1. The maximum atomic E-state index is 12.4. The lowest BCUT2D eigenvalue weighted by Crippen LogP contribution is -2.36. The fraction of sp³-hybridized carbons (Fsp3) is 0.367. The lowest BCUT2D eigenvalue weighted by Gasteiger charge is -2.38. The van der Waals surface area contributed by atoms with Crippen molar-refractivity contribution in [3.05, 3.63) is 90.0 Å². The largest absolute Gasteiger partial charge is 0.397 e. The van der Waals surface area contributed by atoms with E-state index in [2.05, 4.69) is 90.8 Å². The molecule has 0 spiro atoms. The lowest BCUT2D eigenvalue weighted by molar-refractivity contribution is -0.120. The summed E-state index contributed by atoms with van der Waals surface area (Å²) in [6, 6.07) is 27.7. The van der Waals surface area contributed by atoms with Gasteiger partial charge in [0.15, 0.2) is 0 Å². The second kappa shape index (κ2) is 11.2. The van der Waals surface area contributed by atoms with Gasteiger partial charge in [-0.1, -0.05) is 74.5 Å². The summed E-state index contributed by atoms with van der Waals surface area (Å²) in [6.45, 7) is 6.05. The Morgan fingerprint density at radius 3 is 1.97 bits per heavy atom. The number of nitrogens with two attached hydrogens (primary N) is 1. The Hall–Kier alpha value is -3.27. The predicted octanol–water partition coefficient (Wildman–Crippen LogP) is 6.69. The van der Waals surface area contributed by atoms with Crippen LogP contribution in [0, 0.1) is 11.8 Å². The number of hydrogen-bond acceptors (Lipinski definition) is 3. The first-order chi connectivity index (χ1) is 16.6. The quantitative estimate of drug-likeness (QED) is 0.372. The van der Waals surface area contributed by atoms with Gasteiger partial charge in [-0.05, 0) is 60.9 Å². The SMILES string of the molecule is CCC(CC)C(=O)Nc1ccc(N2CCC(C(c3ccccc3)c3ccccc3)CC2)c(N)c1. The number of anilines is 3. The van der Waals surface area contributed by atoms with Gasteiger partial charge in [0, 0.05) is 30.6 Å². The highest BCUT2D eigenvalue weighted by Crippen LogP contribution is 2.39. The molecular formula is C30H37N3O. The molecule has 3 aromatic carbocycles. The number of carbonyl (C=O) groups excluding carboxylic acids is 1. The molecule has 0 bridgehead atoms. The van der Waals surface area contributed by atoms with Crippen LogP contribution in [0.25, 0.3) is 0 Å². The smallest absolute Gasteiger partial charge is 0.227 e. The summed E-state index contributed by atoms with van der Waals surface area (Å²) < 4.78 is 0. The number of piperidine rings is 1. The summed E-state index contributed by atoms with van der Waals surface area (Å²) in [5, 5.41) is 3.04. The molecule has 0 atom stereocenters. The minimum atomic E-state index is 0.0436. The molecule has 3 N–H and O–H groups in total. The van der Waals surface area contributed by atoms with Gasteiger partial charge in [-0.15, -0.1) is 0 Å². The Labute approximate surface area is 204 Å². The van der Waals surface area contributed by atoms with Crippen LogP contribution in [0.5, 0.6) is 0 Å². The van der Waals surface area contributed by atoms with Crippen LogP contribution in [0.1, 0.15) is 56.6 Å². The molecule has 1 saturated heterocycles. The average Bonchev–Trinajstić information content (AvgIpc) is 2.87. The second-order valence-corrected chi connectivity index (χ2v) is 9.40. The van der Waals surface area contributed by atoms with Gasteiger partial charge in [0.25, 0.3) is 0 Å². The molecule has 1 heterocycles. The first-order valence-electron chi connectivity index (χ1n) is 12.7. The highest BCUT2D eigenvalue weighted by molar-refractivity contribution is 5.93. The predicted molar refractivity (Wildman–Crippen MR) is 143 cm³/mol. The van der Waals surface area contributed by atoms with E-state index in [9.17, 15) is 4.79 Å². The minimum absolute atomic E-state index is 0.0436. The topological polar surface area (TPSA) is 58.4 Å². The first kappa shape index (κ1) is 23.9. The maximum Gasteiger partial charge on any atom is 0.227 e. The van der Waals surface area contributed by atoms with Crippen molar-refractivity contribution in [1.29, 1.82) is 0 Å². The summed E-state index contributed by atoms with van der Waals surface area (Å²) in [5.74, 6) is 1.11. The molecule has 0 unspecified atom stereocenters. The number of rotatable bonds is 8. The van der Waals surface area contributed by atoms with E-state index >= 15 is 0 Å².